The van der Waals surface area contributed by atoms with E-state index in [1.807, 2.05) is 6.07 Å². The zero-order valence-electron chi connectivity index (χ0n) is 10.3. The molecule has 1 amide bonds. The molecule has 0 fully saturated rings. The average molecular weight is 252 g/mol. The summed E-state index contributed by atoms with van der Waals surface area (Å²) in [4.78, 5) is 12.0. The number of benzene rings is 2. The number of nitrogens with zero attached hydrogens (tertiary/aromatic N) is 1. The number of amides is 1. The van der Waals surface area contributed by atoms with Crippen LogP contribution in [-0.4, -0.2) is 11.0 Å². The van der Waals surface area contributed by atoms with Crippen LogP contribution in [0.4, 0.5) is 5.69 Å². The first-order valence-corrected chi connectivity index (χ1v) is 5.72. The van der Waals surface area contributed by atoms with Gasteiger partial charge in [0.05, 0.1) is 11.6 Å². The molecule has 0 unspecified atom stereocenters. The number of rotatable bonds is 2. The van der Waals surface area contributed by atoms with Gasteiger partial charge in [-0.1, -0.05) is 6.07 Å². The van der Waals surface area contributed by atoms with Crippen LogP contribution in [0.3, 0.4) is 0 Å². The molecule has 2 aromatic carbocycles. The summed E-state index contributed by atoms with van der Waals surface area (Å²) in [7, 11) is 0. The zero-order chi connectivity index (χ0) is 13.8. The van der Waals surface area contributed by atoms with Crippen LogP contribution in [0.2, 0.25) is 0 Å². The van der Waals surface area contributed by atoms with Crippen LogP contribution >= 0.6 is 0 Å². The van der Waals surface area contributed by atoms with Gasteiger partial charge in [-0.15, -0.1) is 0 Å². The molecule has 0 aliphatic rings. The molecule has 0 atom stereocenters. The number of phenols is 1. The van der Waals surface area contributed by atoms with Gasteiger partial charge in [0.2, 0.25) is 0 Å². The number of hydrogen-bond acceptors (Lipinski definition) is 3. The van der Waals surface area contributed by atoms with Crippen molar-refractivity contribution in [3.8, 4) is 11.8 Å². The Labute approximate surface area is 110 Å². The third-order valence-corrected chi connectivity index (χ3v) is 2.83. The number of carbonyl (C=O) groups is 1. The van der Waals surface area contributed by atoms with Gasteiger partial charge in [-0.2, -0.15) is 5.26 Å². The Morgan fingerprint density at radius 3 is 2.53 bits per heavy atom. The molecule has 0 aliphatic carbocycles. The SMILES string of the molecule is Cc1c(O)cccc1NC(=O)c1ccc(C#N)cc1. The Kier molecular flexibility index (Phi) is 3.48. The molecule has 4 nitrogen and oxygen atoms in total. The monoisotopic (exact) mass is 252 g/mol. The van der Waals surface area contributed by atoms with Crippen LogP contribution in [0.25, 0.3) is 0 Å². The number of carbonyl (C=O) groups excluding carboxylic acids is 1. The highest BCUT2D eigenvalue weighted by molar-refractivity contribution is 6.04. The average Bonchev–Trinajstić information content (AvgIpc) is 2.44. The molecule has 0 saturated heterocycles. The molecule has 0 aliphatic heterocycles. The number of aromatic hydroxyl groups is 1. The fraction of sp³-hybridized carbons (Fsp3) is 0.0667. The van der Waals surface area contributed by atoms with Crippen LogP contribution in [0, 0.1) is 18.3 Å². The molecule has 0 bridgehead atoms. The van der Waals surface area contributed by atoms with Crippen molar-refractivity contribution in [3.05, 3.63) is 59.2 Å². The summed E-state index contributed by atoms with van der Waals surface area (Å²) in [6.45, 7) is 1.73. The van der Waals surface area contributed by atoms with E-state index in [0.717, 1.165) is 0 Å². The van der Waals surface area contributed by atoms with Crippen molar-refractivity contribution in [1.82, 2.24) is 0 Å². The zero-order valence-corrected chi connectivity index (χ0v) is 10.3. The summed E-state index contributed by atoms with van der Waals surface area (Å²) in [6, 6.07) is 13.3. The second-order valence-corrected chi connectivity index (χ2v) is 4.09. The van der Waals surface area contributed by atoms with Crippen LogP contribution in [0.15, 0.2) is 42.5 Å². The highest BCUT2D eigenvalue weighted by Gasteiger charge is 2.09. The van der Waals surface area contributed by atoms with Crippen molar-refractivity contribution in [2.45, 2.75) is 6.92 Å². The maximum absolute atomic E-state index is 12.0. The number of nitriles is 1. The molecule has 2 rings (SSSR count). The largest absolute Gasteiger partial charge is 0.508 e. The lowest BCUT2D eigenvalue weighted by atomic mass is 10.1. The predicted octanol–water partition coefficient (Wildman–Crippen LogP) is 2.82. The summed E-state index contributed by atoms with van der Waals surface area (Å²) < 4.78 is 0. The predicted molar refractivity (Wildman–Crippen MR) is 72.0 cm³/mol. The lowest BCUT2D eigenvalue weighted by Crippen LogP contribution is -2.12. The summed E-state index contributed by atoms with van der Waals surface area (Å²) in [5.41, 5.74) is 2.14. The quantitative estimate of drug-likeness (QED) is 0.863. The molecule has 0 aromatic heterocycles. The fourth-order valence-corrected chi connectivity index (χ4v) is 1.65. The Morgan fingerprint density at radius 2 is 1.89 bits per heavy atom. The van der Waals surface area contributed by atoms with E-state index < -0.39 is 0 Å². The number of hydrogen-bond donors (Lipinski definition) is 2. The van der Waals surface area contributed by atoms with Crippen LogP contribution < -0.4 is 5.32 Å². The Hall–Kier alpha value is -2.80. The fourth-order valence-electron chi connectivity index (χ4n) is 1.65. The van der Waals surface area contributed by atoms with Gasteiger partial charge in [-0.25, -0.2) is 0 Å². The summed E-state index contributed by atoms with van der Waals surface area (Å²) in [5, 5.41) is 21.0. The van der Waals surface area contributed by atoms with E-state index in [2.05, 4.69) is 5.32 Å². The second kappa shape index (κ2) is 5.23. The van der Waals surface area contributed by atoms with Gasteiger partial charge in [0.1, 0.15) is 5.75 Å². The normalized spacial score (nSPS) is 9.68. The smallest absolute Gasteiger partial charge is 0.255 e. The minimum atomic E-state index is -0.279. The molecular weight excluding hydrogens is 240 g/mol. The van der Waals surface area contributed by atoms with Crippen molar-refractivity contribution in [1.29, 1.82) is 5.26 Å². The summed E-state index contributed by atoms with van der Waals surface area (Å²) >= 11 is 0. The molecule has 4 heteroatoms. The van der Waals surface area contributed by atoms with E-state index in [4.69, 9.17) is 5.26 Å². The molecule has 0 spiro atoms. The van der Waals surface area contributed by atoms with Crippen LogP contribution in [0.5, 0.6) is 5.75 Å². The van der Waals surface area contributed by atoms with Gasteiger partial charge < -0.3 is 10.4 Å². The number of anilines is 1. The van der Waals surface area contributed by atoms with E-state index in [1.54, 1.807) is 49.4 Å². The van der Waals surface area contributed by atoms with Gasteiger partial charge in [-0.3, -0.25) is 4.79 Å². The lowest BCUT2D eigenvalue weighted by molar-refractivity contribution is 0.102. The van der Waals surface area contributed by atoms with Gasteiger partial charge in [0.25, 0.3) is 5.91 Å². The minimum Gasteiger partial charge on any atom is -0.508 e. The maximum atomic E-state index is 12.0. The van der Waals surface area contributed by atoms with Crippen LogP contribution in [-0.2, 0) is 0 Å². The molecule has 2 aromatic rings. The second-order valence-electron chi connectivity index (χ2n) is 4.09. The van der Waals surface area contributed by atoms with Crippen LogP contribution in [0.1, 0.15) is 21.5 Å². The van der Waals surface area contributed by atoms with E-state index in [1.165, 1.54) is 0 Å². The summed E-state index contributed by atoms with van der Waals surface area (Å²) in [6.07, 6.45) is 0. The van der Waals surface area contributed by atoms with Crippen molar-refractivity contribution < 1.29 is 9.90 Å². The van der Waals surface area contributed by atoms with Crippen molar-refractivity contribution in [2.24, 2.45) is 0 Å². The van der Waals surface area contributed by atoms with Gasteiger partial charge in [0, 0.05) is 16.8 Å². The lowest BCUT2D eigenvalue weighted by Gasteiger charge is -2.09. The summed E-state index contributed by atoms with van der Waals surface area (Å²) in [5.74, 6) is -0.143. The van der Waals surface area contributed by atoms with Gasteiger partial charge in [-0.05, 0) is 43.3 Å². The molecule has 0 radical (unpaired) electrons. The first kappa shape index (κ1) is 12.7. The third-order valence-electron chi connectivity index (χ3n) is 2.83. The topological polar surface area (TPSA) is 73.1 Å². The van der Waals surface area contributed by atoms with Crippen molar-refractivity contribution in [3.63, 3.8) is 0 Å². The minimum absolute atomic E-state index is 0.137. The Balaban J connectivity index is 2.21. The molecular formula is C15H12N2O2. The molecule has 0 heterocycles. The molecule has 19 heavy (non-hydrogen) atoms. The first-order chi connectivity index (χ1) is 9.11. The third kappa shape index (κ3) is 2.72. The standard InChI is InChI=1S/C15H12N2O2/c1-10-13(3-2-4-14(10)18)17-15(19)12-7-5-11(9-16)6-8-12/h2-8,18H,1H3,(H,17,19). The van der Waals surface area contributed by atoms with Crippen molar-refractivity contribution in [2.75, 3.05) is 5.32 Å². The number of phenolic OH excluding ortho intramolecular Hbond substituents is 1. The highest BCUT2D eigenvalue weighted by atomic mass is 16.3. The van der Waals surface area contributed by atoms with E-state index in [0.29, 0.717) is 22.4 Å². The molecule has 0 saturated carbocycles. The first-order valence-electron chi connectivity index (χ1n) is 5.72. The highest BCUT2D eigenvalue weighted by Crippen LogP contribution is 2.24. The van der Waals surface area contributed by atoms with Gasteiger partial charge in [0.15, 0.2) is 0 Å². The van der Waals surface area contributed by atoms with E-state index in [9.17, 15) is 9.90 Å². The molecule has 94 valence electrons. The Bertz CT molecular complexity index is 655. The maximum Gasteiger partial charge on any atom is 0.255 e. The van der Waals surface area contributed by atoms with E-state index in [-0.39, 0.29) is 11.7 Å². The van der Waals surface area contributed by atoms with Crippen molar-refractivity contribution >= 4 is 11.6 Å². The van der Waals surface area contributed by atoms with E-state index >= 15 is 0 Å². The number of nitrogens with one attached hydrogen (secondary N) is 1. The van der Waals surface area contributed by atoms with Gasteiger partial charge >= 0.3 is 0 Å². The molecule has 2 N–H and O–H groups in total. The Morgan fingerprint density at radius 1 is 1.21 bits per heavy atom.